The summed E-state index contributed by atoms with van der Waals surface area (Å²) in [6.45, 7) is 1.55. The predicted octanol–water partition coefficient (Wildman–Crippen LogP) is 0.854. The van der Waals surface area contributed by atoms with E-state index in [2.05, 4.69) is 10.2 Å². The monoisotopic (exact) mass is 194 g/mol. The maximum absolute atomic E-state index is 12.2. The minimum atomic E-state index is -4.48. The third-order valence-electron chi connectivity index (χ3n) is 1.57. The predicted molar refractivity (Wildman–Crippen MR) is 38.6 cm³/mol. The quantitative estimate of drug-likeness (QED) is 0.721. The molecule has 4 nitrogen and oxygen atoms in total. The smallest absolute Gasteiger partial charge is 0.322 e. The van der Waals surface area contributed by atoms with Crippen LogP contribution >= 0.6 is 0 Å². The molecule has 0 aliphatic heterocycles. The van der Waals surface area contributed by atoms with Gasteiger partial charge in [-0.25, -0.2) is 0 Å². The Labute approximate surface area is 72.6 Å². The number of rotatable bonds is 1. The first-order chi connectivity index (χ1) is 5.84. The van der Waals surface area contributed by atoms with E-state index in [1.165, 1.54) is 7.05 Å². The van der Waals surface area contributed by atoms with E-state index in [0.29, 0.717) is 0 Å². The largest absolute Gasteiger partial charge is 0.451 e. The van der Waals surface area contributed by atoms with Gasteiger partial charge in [-0.1, -0.05) is 0 Å². The zero-order chi connectivity index (χ0) is 10.2. The van der Waals surface area contributed by atoms with Gasteiger partial charge in [0, 0.05) is 7.05 Å². The van der Waals surface area contributed by atoms with Gasteiger partial charge in [-0.15, -0.1) is 10.2 Å². The minimum absolute atomic E-state index is 0.118. The number of nitrogens with zero attached hydrogens (tertiary/aromatic N) is 3. The number of nitrogens with two attached hydrogens (primary N) is 1. The van der Waals surface area contributed by atoms with E-state index in [1.807, 2.05) is 0 Å². The van der Waals surface area contributed by atoms with Gasteiger partial charge >= 0.3 is 6.18 Å². The van der Waals surface area contributed by atoms with Crippen LogP contribution in [0.15, 0.2) is 0 Å². The second-order valence-electron chi connectivity index (χ2n) is 2.73. The fraction of sp³-hybridized carbons (Fsp3) is 0.667. The molecule has 0 saturated carbocycles. The second kappa shape index (κ2) is 2.99. The van der Waals surface area contributed by atoms with Crippen molar-refractivity contribution < 1.29 is 13.2 Å². The Balaban J connectivity index is 3.14. The number of hydrogen-bond donors (Lipinski definition) is 1. The number of hydrogen-bond acceptors (Lipinski definition) is 3. The highest BCUT2D eigenvalue weighted by molar-refractivity contribution is 5.01. The fourth-order valence-electron chi connectivity index (χ4n) is 0.985. The van der Waals surface area contributed by atoms with Crippen molar-refractivity contribution in [2.75, 3.05) is 0 Å². The van der Waals surface area contributed by atoms with Crippen LogP contribution in [-0.2, 0) is 13.2 Å². The highest BCUT2D eigenvalue weighted by Gasteiger charge is 2.37. The molecule has 0 radical (unpaired) electrons. The van der Waals surface area contributed by atoms with Crippen molar-refractivity contribution in [1.82, 2.24) is 14.8 Å². The lowest BCUT2D eigenvalue weighted by molar-refractivity contribution is -0.147. The summed E-state index contributed by atoms with van der Waals surface area (Å²) in [5.41, 5.74) is 5.38. The van der Waals surface area contributed by atoms with Crippen molar-refractivity contribution in [1.29, 1.82) is 0 Å². The molecule has 0 aromatic carbocycles. The Morgan fingerprint density at radius 2 is 1.92 bits per heavy atom. The van der Waals surface area contributed by atoms with Gasteiger partial charge in [0.15, 0.2) is 0 Å². The van der Waals surface area contributed by atoms with Gasteiger partial charge in [0.1, 0.15) is 5.82 Å². The first-order valence-corrected chi connectivity index (χ1v) is 3.56. The van der Waals surface area contributed by atoms with Gasteiger partial charge in [-0.3, -0.25) is 0 Å². The zero-order valence-electron chi connectivity index (χ0n) is 7.13. The molecule has 1 aromatic heterocycles. The Hall–Kier alpha value is -1.11. The summed E-state index contributed by atoms with van der Waals surface area (Å²) in [4.78, 5) is 0. The van der Waals surface area contributed by atoms with E-state index in [1.54, 1.807) is 6.92 Å². The van der Waals surface area contributed by atoms with Crippen molar-refractivity contribution in [3.63, 3.8) is 0 Å². The molecule has 2 N–H and O–H groups in total. The average Bonchev–Trinajstić information content (AvgIpc) is 2.28. The van der Waals surface area contributed by atoms with Gasteiger partial charge in [0.2, 0.25) is 5.82 Å². The summed E-state index contributed by atoms with van der Waals surface area (Å²) in [7, 11) is 1.24. The van der Waals surface area contributed by atoms with Crippen molar-refractivity contribution in [3.8, 4) is 0 Å². The molecule has 1 atom stereocenters. The molecule has 0 aliphatic rings. The minimum Gasteiger partial charge on any atom is -0.322 e. The molecule has 1 unspecified atom stereocenters. The second-order valence-corrected chi connectivity index (χ2v) is 2.73. The summed E-state index contributed by atoms with van der Waals surface area (Å²) in [6, 6.07) is -0.561. The van der Waals surface area contributed by atoms with Gasteiger partial charge < -0.3 is 10.3 Å². The Morgan fingerprint density at radius 1 is 1.38 bits per heavy atom. The van der Waals surface area contributed by atoms with Crippen LogP contribution in [0, 0.1) is 0 Å². The molecule has 0 fully saturated rings. The SMILES string of the molecule is CC(N)c1nnc(C(F)(F)F)n1C. The first-order valence-electron chi connectivity index (χ1n) is 3.56. The molecule has 1 rings (SSSR count). The molecule has 13 heavy (non-hydrogen) atoms. The van der Waals surface area contributed by atoms with Gasteiger partial charge in [-0.05, 0) is 6.92 Å². The summed E-state index contributed by atoms with van der Waals surface area (Å²) in [5, 5.41) is 6.37. The van der Waals surface area contributed by atoms with E-state index >= 15 is 0 Å². The molecule has 0 spiro atoms. The van der Waals surface area contributed by atoms with E-state index in [0.717, 1.165) is 4.57 Å². The standard InChI is InChI=1S/C6H9F3N4/c1-3(10)4-11-12-5(13(4)2)6(7,8)9/h3H,10H2,1-2H3. The van der Waals surface area contributed by atoms with Crippen LogP contribution in [0.3, 0.4) is 0 Å². The lowest BCUT2D eigenvalue weighted by atomic mass is 10.3. The lowest BCUT2D eigenvalue weighted by Crippen LogP contribution is -2.16. The van der Waals surface area contributed by atoms with Gasteiger partial charge in [0.25, 0.3) is 0 Å². The third kappa shape index (κ3) is 1.80. The molecule has 0 aliphatic carbocycles. The van der Waals surface area contributed by atoms with Crippen LogP contribution in [0.5, 0.6) is 0 Å². The van der Waals surface area contributed by atoms with Crippen molar-refractivity contribution >= 4 is 0 Å². The summed E-state index contributed by atoms with van der Waals surface area (Å²) in [5.74, 6) is -0.910. The normalized spacial score (nSPS) is 14.6. The van der Waals surface area contributed by atoms with Crippen LogP contribution in [0.4, 0.5) is 13.2 Å². The highest BCUT2D eigenvalue weighted by atomic mass is 19.4. The number of aromatic nitrogens is 3. The maximum Gasteiger partial charge on any atom is 0.451 e. The summed E-state index contributed by atoms with van der Waals surface area (Å²) in [6.07, 6.45) is -4.48. The molecule has 1 aromatic rings. The fourth-order valence-corrected chi connectivity index (χ4v) is 0.985. The van der Waals surface area contributed by atoms with Crippen molar-refractivity contribution in [3.05, 3.63) is 11.6 Å². The van der Waals surface area contributed by atoms with Gasteiger partial charge in [-0.2, -0.15) is 13.2 Å². The van der Waals surface area contributed by atoms with Crippen LogP contribution in [-0.4, -0.2) is 14.8 Å². The number of alkyl halides is 3. The molecule has 0 amide bonds. The first kappa shape index (κ1) is 9.97. The van der Waals surface area contributed by atoms with E-state index in [4.69, 9.17) is 5.73 Å². The van der Waals surface area contributed by atoms with Crippen LogP contribution in [0.25, 0.3) is 0 Å². The molecule has 74 valence electrons. The molecule has 0 bridgehead atoms. The average molecular weight is 194 g/mol. The Morgan fingerprint density at radius 3 is 2.15 bits per heavy atom. The van der Waals surface area contributed by atoms with E-state index in [-0.39, 0.29) is 5.82 Å². The van der Waals surface area contributed by atoms with Gasteiger partial charge in [0.05, 0.1) is 6.04 Å². The lowest BCUT2D eigenvalue weighted by Gasteiger charge is -2.07. The molecule has 0 saturated heterocycles. The number of halogens is 3. The molecular formula is C6H9F3N4. The summed E-state index contributed by atoms with van der Waals surface area (Å²) < 4.78 is 37.3. The van der Waals surface area contributed by atoms with Crippen LogP contribution in [0.2, 0.25) is 0 Å². The van der Waals surface area contributed by atoms with Crippen LogP contribution in [0.1, 0.15) is 24.6 Å². The van der Waals surface area contributed by atoms with Crippen molar-refractivity contribution in [2.24, 2.45) is 12.8 Å². The van der Waals surface area contributed by atoms with E-state index in [9.17, 15) is 13.2 Å². The summed E-state index contributed by atoms with van der Waals surface area (Å²) >= 11 is 0. The van der Waals surface area contributed by atoms with Crippen molar-refractivity contribution in [2.45, 2.75) is 19.1 Å². The molecular weight excluding hydrogens is 185 g/mol. The Kier molecular flexibility index (Phi) is 2.29. The topological polar surface area (TPSA) is 56.7 Å². The third-order valence-corrected chi connectivity index (χ3v) is 1.57. The maximum atomic E-state index is 12.2. The Bertz CT molecular complexity index is 301. The zero-order valence-corrected chi connectivity index (χ0v) is 7.13. The van der Waals surface area contributed by atoms with Crippen LogP contribution < -0.4 is 5.73 Å². The highest BCUT2D eigenvalue weighted by Crippen LogP contribution is 2.27. The molecule has 7 heteroatoms. The molecule has 1 heterocycles. The van der Waals surface area contributed by atoms with E-state index < -0.39 is 18.0 Å².